The maximum atomic E-state index is 14.3. The van der Waals surface area contributed by atoms with E-state index in [9.17, 15) is 27.2 Å². The molecule has 6 nitrogen and oxygen atoms in total. The van der Waals surface area contributed by atoms with Crippen LogP contribution < -0.4 is 15.6 Å². The minimum absolute atomic E-state index is 0.130. The summed E-state index contributed by atoms with van der Waals surface area (Å²) >= 11 is 0. The summed E-state index contributed by atoms with van der Waals surface area (Å²) in [6, 6.07) is 7.76. The lowest BCUT2D eigenvalue weighted by Gasteiger charge is -2.21. The predicted octanol–water partition coefficient (Wildman–Crippen LogP) is 3.64. The van der Waals surface area contributed by atoms with Crippen molar-refractivity contribution in [2.45, 2.75) is 19.3 Å². The van der Waals surface area contributed by atoms with E-state index in [0.29, 0.717) is 11.3 Å². The van der Waals surface area contributed by atoms with Gasteiger partial charge in [-0.2, -0.15) is 0 Å². The first-order valence-electron chi connectivity index (χ1n) is 8.60. The Morgan fingerprint density at radius 3 is 2.57 bits per heavy atom. The van der Waals surface area contributed by atoms with Gasteiger partial charge in [0.2, 0.25) is 5.56 Å². The Kier molecular flexibility index (Phi) is 5.86. The first kappa shape index (κ1) is 21.0. The lowest BCUT2D eigenvalue weighted by molar-refractivity contribution is -0.275. The number of ether oxygens (including phenoxy) is 1. The second-order valence-electron chi connectivity index (χ2n) is 6.29. The summed E-state index contributed by atoms with van der Waals surface area (Å²) in [5.74, 6) is -2.84. The van der Waals surface area contributed by atoms with E-state index in [-0.39, 0.29) is 11.1 Å². The van der Waals surface area contributed by atoms with Crippen molar-refractivity contribution in [1.29, 1.82) is 0 Å². The number of carbonyl (C=O) groups excluding carboxylic acids is 1. The molecule has 0 aliphatic rings. The molecule has 0 fully saturated rings. The molecule has 3 aromatic rings. The van der Waals surface area contributed by atoms with Gasteiger partial charge < -0.3 is 15.0 Å². The van der Waals surface area contributed by atoms with Crippen molar-refractivity contribution in [3.05, 3.63) is 93.4 Å². The van der Waals surface area contributed by atoms with Gasteiger partial charge in [-0.15, -0.1) is 13.2 Å². The quantitative estimate of drug-likeness (QED) is 0.617. The monoisotopic (exact) mass is 421 g/mol. The fourth-order valence-corrected chi connectivity index (χ4v) is 2.78. The van der Waals surface area contributed by atoms with Gasteiger partial charge in [-0.1, -0.05) is 12.1 Å². The van der Waals surface area contributed by atoms with Crippen LogP contribution in [-0.2, 0) is 0 Å². The summed E-state index contributed by atoms with van der Waals surface area (Å²) in [4.78, 5) is 30.4. The molecular weight excluding hydrogens is 406 g/mol. The molecule has 2 N–H and O–H groups in total. The van der Waals surface area contributed by atoms with Crippen molar-refractivity contribution in [1.82, 2.24) is 15.3 Å². The molecule has 0 spiro atoms. The molecule has 0 saturated carbocycles. The molecule has 1 unspecified atom stereocenters. The smallest absolute Gasteiger partial charge is 0.403 e. The number of H-pyrrole nitrogens is 1. The zero-order valence-corrected chi connectivity index (χ0v) is 15.5. The number of aryl methyl sites for hydroxylation is 1. The average molecular weight is 421 g/mol. The number of aromatic nitrogens is 2. The van der Waals surface area contributed by atoms with E-state index in [4.69, 9.17) is 0 Å². The Labute approximate surface area is 167 Å². The minimum Gasteiger partial charge on any atom is -0.403 e. The van der Waals surface area contributed by atoms with Gasteiger partial charge in [0.05, 0.1) is 17.3 Å². The molecular formula is C20H15F4N3O3. The van der Waals surface area contributed by atoms with E-state index in [1.54, 1.807) is 19.1 Å². The highest BCUT2D eigenvalue weighted by molar-refractivity contribution is 5.94. The van der Waals surface area contributed by atoms with Crippen LogP contribution in [0.3, 0.4) is 0 Å². The number of carbonyl (C=O) groups is 1. The normalized spacial score (nSPS) is 12.3. The van der Waals surface area contributed by atoms with Gasteiger partial charge in [0.1, 0.15) is 0 Å². The lowest BCUT2D eigenvalue weighted by atomic mass is 9.99. The minimum atomic E-state index is -5.04. The van der Waals surface area contributed by atoms with Gasteiger partial charge >= 0.3 is 6.36 Å². The Balaban J connectivity index is 1.99. The Hall–Kier alpha value is -3.69. The van der Waals surface area contributed by atoms with E-state index in [0.717, 1.165) is 12.1 Å². The molecule has 0 saturated heterocycles. The van der Waals surface area contributed by atoms with Gasteiger partial charge in [0.15, 0.2) is 11.6 Å². The maximum absolute atomic E-state index is 14.3. The predicted molar refractivity (Wildman–Crippen MR) is 98.4 cm³/mol. The lowest BCUT2D eigenvalue weighted by Crippen LogP contribution is -2.31. The Bertz CT molecular complexity index is 1110. The molecule has 2 aromatic heterocycles. The van der Waals surface area contributed by atoms with Gasteiger partial charge in [0.25, 0.3) is 5.91 Å². The molecule has 0 aliphatic carbocycles. The van der Waals surface area contributed by atoms with Crippen LogP contribution in [0.2, 0.25) is 0 Å². The third-order valence-electron chi connectivity index (χ3n) is 4.16. The molecule has 0 radical (unpaired) electrons. The van der Waals surface area contributed by atoms with Gasteiger partial charge in [-0.25, -0.2) is 4.39 Å². The van der Waals surface area contributed by atoms with E-state index in [1.165, 1.54) is 30.6 Å². The van der Waals surface area contributed by atoms with Crippen LogP contribution in [0.25, 0.3) is 0 Å². The Morgan fingerprint density at radius 1 is 1.20 bits per heavy atom. The first-order chi connectivity index (χ1) is 14.1. The average Bonchev–Trinajstić information content (AvgIpc) is 2.68. The number of benzene rings is 1. The molecule has 0 bridgehead atoms. The summed E-state index contributed by atoms with van der Waals surface area (Å²) in [5, 5.41) is 2.67. The van der Waals surface area contributed by atoms with E-state index >= 15 is 0 Å². The molecule has 1 amide bonds. The number of nitrogens with zero attached hydrogens (tertiary/aromatic N) is 1. The van der Waals surface area contributed by atoms with Gasteiger partial charge in [-0.3, -0.25) is 14.6 Å². The second kappa shape index (κ2) is 8.36. The van der Waals surface area contributed by atoms with Gasteiger partial charge in [-0.05, 0) is 42.3 Å². The zero-order valence-electron chi connectivity index (χ0n) is 15.5. The van der Waals surface area contributed by atoms with Crippen LogP contribution in [0.1, 0.15) is 33.2 Å². The van der Waals surface area contributed by atoms with Crippen LogP contribution >= 0.6 is 0 Å². The highest BCUT2D eigenvalue weighted by Crippen LogP contribution is 2.30. The number of alkyl halides is 3. The largest absolute Gasteiger partial charge is 0.573 e. The first-order valence-corrected chi connectivity index (χ1v) is 8.60. The summed E-state index contributed by atoms with van der Waals surface area (Å²) in [6.45, 7) is 1.72. The summed E-state index contributed by atoms with van der Waals surface area (Å²) in [7, 11) is 0. The van der Waals surface area contributed by atoms with Crippen LogP contribution in [0.15, 0.2) is 59.7 Å². The standard InChI is InChI=1S/C20H15F4N3O3/c1-11-3-2-8-25-17(11)18(27-19(29)13-5-7-16(28)26-10-13)12-4-6-15(14(21)9-12)30-20(22,23)24/h2-10,18H,1H3,(H,26,28)(H,27,29). The third-order valence-corrected chi connectivity index (χ3v) is 4.16. The number of hydrogen-bond donors (Lipinski definition) is 2. The molecule has 1 aromatic carbocycles. The number of hydrogen-bond acceptors (Lipinski definition) is 4. The van der Waals surface area contributed by atoms with Crippen LogP contribution in [-0.4, -0.2) is 22.2 Å². The van der Waals surface area contributed by atoms with Crippen molar-refractivity contribution in [2.75, 3.05) is 0 Å². The number of halogens is 4. The molecule has 3 rings (SSSR count). The van der Waals surface area contributed by atoms with Crippen molar-refractivity contribution in [3.8, 4) is 5.75 Å². The molecule has 10 heteroatoms. The Morgan fingerprint density at radius 2 is 1.97 bits per heavy atom. The van der Waals surface area contributed by atoms with Crippen molar-refractivity contribution in [2.24, 2.45) is 0 Å². The zero-order chi connectivity index (χ0) is 21.9. The number of pyridine rings is 2. The van der Waals surface area contributed by atoms with Crippen molar-refractivity contribution < 1.29 is 27.1 Å². The third kappa shape index (κ3) is 5.02. The second-order valence-corrected chi connectivity index (χ2v) is 6.29. The van der Waals surface area contributed by atoms with Gasteiger partial charge in [0, 0.05) is 18.5 Å². The fourth-order valence-electron chi connectivity index (χ4n) is 2.78. The van der Waals surface area contributed by atoms with Crippen molar-refractivity contribution in [3.63, 3.8) is 0 Å². The molecule has 2 heterocycles. The molecule has 0 aliphatic heterocycles. The molecule has 30 heavy (non-hydrogen) atoms. The summed E-state index contributed by atoms with van der Waals surface area (Å²) < 4.78 is 55.1. The van der Waals surface area contributed by atoms with Crippen LogP contribution in [0.4, 0.5) is 17.6 Å². The molecule has 156 valence electrons. The number of nitrogens with one attached hydrogen (secondary N) is 2. The van der Waals surface area contributed by atoms with Crippen LogP contribution in [0, 0.1) is 12.7 Å². The van der Waals surface area contributed by atoms with E-state index in [1.807, 2.05) is 0 Å². The summed E-state index contributed by atoms with van der Waals surface area (Å²) in [6.07, 6.45) is -2.36. The summed E-state index contributed by atoms with van der Waals surface area (Å²) in [5.41, 5.74) is 0.928. The van der Waals surface area contributed by atoms with Crippen molar-refractivity contribution >= 4 is 5.91 Å². The number of amides is 1. The SMILES string of the molecule is Cc1cccnc1C(NC(=O)c1ccc(=O)[nH]c1)c1ccc(OC(F)(F)F)c(F)c1. The van der Waals surface area contributed by atoms with Crippen LogP contribution in [0.5, 0.6) is 5.75 Å². The molecule has 1 atom stereocenters. The maximum Gasteiger partial charge on any atom is 0.573 e. The number of aromatic amines is 1. The van der Waals surface area contributed by atoms with E-state index < -0.39 is 35.4 Å². The van der Waals surface area contributed by atoms with E-state index in [2.05, 4.69) is 20.0 Å². The topological polar surface area (TPSA) is 84.1 Å². The number of rotatable bonds is 5. The fraction of sp³-hybridized carbons (Fsp3) is 0.150. The highest BCUT2D eigenvalue weighted by Gasteiger charge is 2.32. The highest BCUT2D eigenvalue weighted by atomic mass is 19.4.